The van der Waals surface area contributed by atoms with Crippen LogP contribution >= 0.6 is 0 Å². The molecule has 16 heavy (non-hydrogen) atoms. The highest BCUT2D eigenvalue weighted by Crippen LogP contribution is 2.03. The van der Waals surface area contributed by atoms with Crippen molar-refractivity contribution in [3.8, 4) is 12.3 Å². The maximum Gasteiger partial charge on any atom is 0.306 e. The average molecular weight is 247 g/mol. The van der Waals surface area contributed by atoms with Gasteiger partial charge in [0.1, 0.15) is 0 Å². The predicted molar refractivity (Wildman–Crippen MR) is 61.1 cm³/mol. The molecule has 0 unspecified atom stereocenters. The standard InChI is InChI=1S/C10H17NO4S/c1-4-8-11(5-2)16(13,14)9-7-10(12)15-6-3/h1H,5-9H2,2-3H3. The van der Waals surface area contributed by atoms with Gasteiger partial charge in [0.25, 0.3) is 0 Å². The molecule has 0 saturated heterocycles. The van der Waals surface area contributed by atoms with E-state index in [-0.39, 0.29) is 25.3 Å². The first-order chi connectivity index (χ1) is 7.47. The highest BCUT2D eigenvalue weighted by molar-refractivity contribution is 7.89. The van der Waals surface area contributed by atoms with Crippen molar-refractivity contribution in [3.63, 3.8) is 0 Å². The molecular weight excluding hydrogens is 230 g/mol. The van der Waals surface area contributed by atoms with Gasteiger partial charge >= 0.3 is 5.97 Å². The molecule has 0 rings (SSSR count). The van der Waals surface area contributed by atoms with Crippen LogP contribution < -0.4 is 0 Å². The first-order valence-electron chi connectivity index (χ1n) is 5.04. The number of hydrogen-bond acceptors (Lipinski definition) is 4. The van der Waals surface area contributed by atoms with Crippen LogP contribution in [-0.4, -0.2) is 44.1 Å². The lowest BCUT2D eigenvalue weighted by atomic mass is 10.5. The van der Waals surface area contributed by atoms with Crippen molar-refractivity contribution in [3.05, 3.63) is 0 Å². The minimum absolute atomic E-state index is 0.0294. The zero-order valence-corrected chi connectivity index (χ0v) is 10.4. The Labute approximate surface area is 96.8 Å². The van der Waals surface area contributed by atoms with Crippen LogP contribution in [0.1, 0.15) is 20.3 Å². The van der Waals surface area contributed by atoms with Gasteiger partial charge in [0, 0.05) is 6.54 Å². The van der Waals surface area contributed by atoms with Gasteiger partial charge in [0.05, 0.1) is 25.3 Å². The lowest BCUT2D eigenvalue weighted by Gasteiger charge is -2.17. The fourth-order valence-electron chi connectivity index (χ4n) is 1.08. The lowest BCUT2D eigenvalue weighted by Crippen LogP contribution is -2.34. The van der Waals surface area contributed by atoms with E-state index in [4.69, 9.17) is 6.42 Å². The molecule has 0 aliphatic rings. The third-order valence-corrected chi connectivity index (χ3v) is 3.78. The summed E-state index contributed by atoms with van der Waals surface area (Å²) in [6, 6.07) is 0. The first kappa shape index (κ1) is 14.9. The van der Waals surface area contributed by atoms with E-state index in [2.05, 4.69) is 10.7 Å². The summed E-state index contributed by atoms with van der Waals surface area (Å²) in [4.78, 5) is 11.0. The molecule has 5 nitrogen and oxygen atoms in total. The molecular formula is C10H17NO4S. The van der Waals surface area contributed by atoms with Crippen LogP contribution in [0.25, 0.3) is 0 Å². The average Bonchev–Trinajstić information content (AvgIpc) is 2.23. The molecule has 0 saturated carbocycles. The van der Waals surface area contributed by atoms with E-state index in [1.165, 1.54) is 0 Å². The Morgan fingerprint density at radius 1 is 1.44 bits per heavy atom. The van der Waals surface area contributed by atoms with E-state index in [9.17, 15) is 13.2 Å². The molecule has 0 aromatic carbocycles. The maximum atomic E-state index is 11.7. The van der Waals surface area contributed by atoms with Crippen molar-refractivity contribution in [1.82, 2.24) is 4.31 Å². The molecule has 0 aliphatic carbocycles. The van der Waals surface area contributed by atoms with Gasteiger partial charge in [-0.3, -0.25) is 4.79 Å². The summed E-state index contributed by atoms with van der Waals surface area (Å²) >= 11 is 0. The second-order valence-electron chi connectivity index (χ2n) is 3.00. The highest BCUT2D eigenvalue weighted by Gasteiger charge is 2.20. The van der Waals surface area contributed by atoms with E-state index in [1.807, 2.05) is 0 Å². The Morgan fingerprint density at radius 3 is 2.50 bits per heavy atom. The van der Waals surface area contributed by atoms with Crippen LogP contribution in [0.3, 0.4) is 0 Å². The van der Waals surface area contributed by atoms with Gasteiger partial charge in [-0.2, -0.15) is 4.31 Å². The molecule has 92 valence electrons. The number of rotatable bonds is 7. The molecule has 0 heterocycles. The summed E-state index contributed by atoms with van der Waals surface area (Å²) in [7, 11) is -3.46. The molecule has 0 aromatic heterocycles. The molecule has 6 heteroatoms. The van der Waals surface area contributed by atoms with Gasteiger partial charge in [0.15, 0.2) is 0 Å². The summed E-state index contributed by atoms with van der Waals surface area (Å²) in [6.07, 6.45) is 4.92. The van der Waals surface area contributed by atoms with Crippen LogP contribution in [0.2, 0.25) is 0 Å². The number of ether oxygens (including phenoxy) is 1. The minimum atomic E-state index is -3.46. The zero-order valence-electron chi connectivity index (χ0n) is 9.60. The Morgan fingerprint density at radius 2 is 2.06 bits per heavy atom. The molecule has 0 bridgehead atoms. The Balaban J connectivity index is 4.34. The van der Waals surface area contributed by atoms with E-state index >= 15 is 0 Å². The molecule has 0 radical (unpaired) electrons. The number of hydrogen-bond donors (Lipinski definition) is 0. The number of nitrogens with zero attached hydrogens (tertiary/aromatic N) is 1. The van der Waals surface area contributed by atoms with E-state index in [1.54, 1.807) is 13.8 Å². The maximum absolute atomic E-state index is 11.7. The van der Waals surface area contributed by atoms with Crippen LogP contribution in [0, 0.1) is 12.3 Å². The van der Waals surface area contributed by atoms with Crippen LogP contribution in [0.5, 0.6) is 0 Å². The second-order valence-corrected chi connectivity index (χ2v) is 5.09. The molecule has 0 fully saturated rings. The van der Waals surface area contributed by atoms with Gasteiger partial charge in [-0.1, -0.05) is 12.8 Å². The third kappa shape index (κ3) is 5.14. The molecule has 0 aromatic rings. The molecule has 0 N–H and O–H groups in total. The Hall–Kier alpha value is -1.06. The number of esters is 1. The minimum Gasteiger partial charge on any atom is -0.466 e. The van der Waals surface area contributed by atoms with Crippen LogP contribution in [0.4, 0.5) is 0 Å². The number of carbonyl (C=O) groups is 1. The lowest BCUT2D eigenvalue weighted by molar-refractivity contribution is -0.142. The van der Waals surface area contributed by atoms with Gasteiger partial charge in [-0.25, -0.2) is 8.42 Å². The predicted octanol–water partition coefficient (Wildman–Crippen LogP) is 0.225. The van der Waals surface area contributed by atoms with Gasteiger partial charge in [0.2, 0.25) is 10.0 Å². The monoisotopic (exact) mass is 247 g/mol. The van der Waals surface area contributed by atoms with Crippen molar-refractivity contribution in [2.24, 2.45) is 0 Å². The molecule has 0 spiro atoms. The van der Waals surface area contributed by atoms with Crippen molar-refractivity contribution < 1.29 is 17.9 Å². The normalized spacial score (nSPS) is 11.1. The quantitative estimate of drug-likeness (QED) is 0.477. The van der Waals surface area contributed by atoms with Gasteiger partial charge in [-0.05, 0) is 6.92 Å². The topological polar surface area (TPSA) is 63.7 Å². The van der Waals surface area contributed by atoms with E-state index in [0.717, 1.165) is 4.31 Å². The summed E-state index contributed by atoms with van der Waals surface area (Å²) in [6.45, 7) is 3.94. The van der Waals surface area contributed by atoms with Crippen molar-refractivity contribution >= 4 is 16.0 Å². The zero-order chi connectivity index (χ0) is 12.6. The van der Waals surface area contributed by atoms with Crippen molar-refractivity contribution in [2.45, 2.75) is 20.3 Å². The van der Waals surface area contributed by atoms with Gasteiger partial charge in [-0.15, -0.1) is 6.42 Å². The van der Waals surface area contributed by atoms with Crippen molar-refractivity contribution in [2.75, 3.05) is 25.4 Å². The molecule has 0 amide bonds. The number of sulfonamides is 1. The summed E-state index contributed by atoms with van der Waals surface area (Å²) in [5.74, 6) is 1.49. The first-order valence-corrected chi connectivity index (χ1v) is 6.65. The largest absolute Gasteiger partial charge is 0.466 e. The molecule has 0 atom stereocenters. The Kier molecular flexibility index (Phi) is 6.77. The SMILES string of the molecule is C#CCN(CC)S(=O)(=O)CCC(=O)OCC. The second kappa shape index (κ2) is 7.25. The third-order valence-electron chi connectivity index (χ3n) is 1.88. The van der Waals surface area contributed by atoms with Crippen LogP contribution in [-0.2, 0) is 19.6 Å². The number of terminal acetylenes is 1. The van der Waals surface area contributed by atoms with Crippen molar-refractivity contribution in [1.29, 1.82) is 0 Å². The molecule has 0 aliphatic heterocycles. The van der Waals surface area contributed by atoms with Crippen LogP contribution in [0.15, 0.2) is 0 Å². The Bertz CT molecular complexity index is 356. The summed E-state index contributed by atoms with van der Waals surface area (Å²) < 4.78 is 29.2. The summed E-state index contributed by atoms with van der Waals surface area (Å²) in [5, 5.41) is 0. The highest BCUT2D eigenvalue weighted by atomic mass is 32.2. The van der Waals surface area contributed by atoms with Gasteiger partial charge < -0.3 is 4.74 Å². The number of carbonyl (C=O) groups excluding carboxylic acids is 1. The van der Waals surface area contributed by atoms with E-state index in [0.29, 0.717) is 6.54 Å². The smallest absolute Gasteiger partial charge is 0.306 e. The fraction of sp³-hybridized carbons (Fsp3) is 0.700. The summed E-state index contributed by atoms with van der Waals surface area (Å²) in [5.41, 5.74) is 0. The van der Waals surface area contributed by atoms with E-state index < -0.39 is 16.0 Å². The fourth-order valence-corrected chi connectivity index (χ4v) is 2.43.